The monoisotopic (exact) mass is 276 g/mol. The van der Waals surface area contributed by atoms with Gasteiger partial charge in [-0.25, -0.2) is 4.98 Å². The molecule has 2 heterocycles. The molecule has 3 aromatic rings. The van der Waals surface area contributed by atoms with E-state index in [2.05, 4.69) is 4.98 Å². The van der Waals surface area contributed by atoms with E-state index >= 15 is 0 Å². The van der Waals surface area contributed by atoms with Gasteiger partial charge in [-0.3, -0.25) is 0 Å². The zero-order chi connectivity index (χ0) is 12.5. The molecule has 2 nitrogen and oxygen atoms in total. The Morgan fingerprint density at radius 3 is 2.72 bits per heavy atom. The average molecular weight is 277 g/mol. The smallest absolute Gasteiger partial charge is 0.117 e. The maximum absolute atomic E-state index is 6.16. The van der Waals surface area contributed by atoms with Crippen molar-refractivity contribution in [1.82, 2.24) is 9.38 Å². The molecule has 0 radical (unpaired) electrons. The Morgan fingerprint density at radius 2 is 1.89 bits per heavy atom. The molecule has 0 aliphatic carbocycles. The quantitative estimate of drug-likeness (QED) is 0.685. The summed E-state index contributed by atoms with van der Waals surface area (Å²) in [5, 5.41) is 1.46. The molecule has 2 aromatic heterocycles. The van der Waals surface area contributed by atoms with Gasteiger partial charge in [0.2, 0.25) is 0 Å². The largest absolute Gasteiger partial charge is 0.302 e. The lowest BCUT2D eigenvalue weighted by Gasteiger charge is -2.04. The summed E-state index contributed by atoms with van der Waals surface area (Å²) < 4.78 is 1.99. The summed E-state index contributed by atoms with van der Waals surface area (Å²) in [6.07, 6.45) is 4.40. The van der Waals surface area contributed by atoms with Gasteiger partial charge in [0.1, 0.15) is 5.82 Å². The highest BCUT2D eigenvalue weighted by molar-refractivity contribution is 6.31. The molecule has 0 spiro atoms. The molecule has 0 bridgehead atoms. The molecule has 1 aromatic carbocycles. The summed E-state index contributed by atoms with van der Waals surface area (Å²) in [4.78, 5) is 4.42. The fraction of sp³-hybridized carbons (Fsp3) is 0.0714. The Morgan fingerprint density at radius 1 is 1.06 bits per heavy atom. The lowest BCUT2D eigenvalue weighted by molar-refractivity contribution is 0.962. The van der Waals surface area contributed by atoms with Crippen molar-refractivity contribution in [2.24, 2.45) is 0 Å². The third-order valence-electron chi connectivity index (χ3n) is 2.87. The maximum Gasteiger partial charge on any atom is 0.117 e. The minimum atomic E-state index is 0.689. The van der Waals surface area contributed by atoms with Gasteiger partial charge in [0.15, 0.2) is 0 Å². The summed E-state index contributed by atoms with van der Waals surface area (Å²) in [6.45, 7) is 0. The Hall–Kier alpha value is -1.51. The van der Waals surface area contributed by atoms with Crippen LogP contribution in [-0.2, 0) is 6.42 Å². The predicted octanol–water partition coefficient (Wildman–Crippen LogP) is 4.23. The lowest BCUT2D eigenvalue weighted by atomic mass is 10.1. The number of fused-ring (bicyclic) bond motifs is 1. The first-order valence-electron chi connectivity index (χ1n) is 5.59. The van der Waals surface area contributed by atoms with Crippen LogP contribution in [0.4, 0.5) is 0 Å². The number of pyridine rings is 1. The van der Waals surface area contributed by atoms with Crippen molar-refractivity contribution in [2.75, 3.05) is 0 Å². The number of hydrogen-bond donors (Lipinski definition) is 0. The second-order valence-corrected chi connectivity index (χ2v) is 4.93. The van der Waals surface area contributed by atoms with Crippen molar-refractivity contribution in [3.63, 3.8) is 0 Å². The molecule has 0 saturated heterocycles. The number of nitrogens with zero attached hydrogens (tertiary/aromatic N) is 2. The molecule has 0 aliphatic heterocycles. The Labute approximate surface area is 115 Å². The molecule has 0 saturated carbocycles. The first-order chi connectivity index (χ1) is 8.74. The van der Waals surface area contributed by atoms with Crippen molar-refractivity contribution >= 4 is 28.7 Å². The number of halogens is 2. The van der Waals surface area contributed by atoms with E-state index in [0.717, 1.165) is 21.9 Å². The van der Waals surface area contributed by atoms with E-state index in [1.165, 1.54) is 0 Å². The summed E-state index contributed by atoms with van der Waals surface area (Å²) in [5.41, 5.74) is 2.09. The van der Waals surface area contributed by atoms with Crippen molar-refractivity contribution in [3.8, 4) is 0 Å². The third-order valence-corrected chi connectivity index (χ3v) is 3.47. The molecule has 0 N–H and O–H groups in total. The molecule has 90 valence electrons. The van der Waals surface area contributed by atoms with Gasteiger partial charge >= 0.3 is 0 Å². The topological polar surface area (TPSA) is 17.3 Å². The second-order valence-electron chi connectivity index (χ2n) is 4.08. The first-order valence-corrected chi connectivity index (χ1v) is 6.34. The standard InChI is InChI=1S/C14H10Cl2N2/c15-11-5-6-12-8-17-14(18(12)9-11)7-10-3-1-2-4-13(10)16/h1-6,8-9H,7H2. The van der Waals surface area contributed by atoms with Gasteiger partial charge in [0.25, 0.3) is 0 Å². The zero-order valence-electron chi connectivity index (χ0n) is 9.48. The number of hydrogen-bond acceptors (Lipinski definition) is 1. The molecule has 0 amide bonds. The van der Waals surface area contributed by atoms with Gasteiger partial charge in [-0.05, 0) is 23.8 Å². The van der Waals surface area contributed by atoms with E-state index in [9.17, 15) is 0 Å². The summed E-state index contributed by atoms with van der Waals surface area (Å²) >= 11 is 12.2. The van der Waals surface area contributed by atoms with Crippen LogP contribution < -0.4 is 0 Å². The fourth-order valence-corrected chi connectivity index (χ4v) is 2.32. The summed E-state index contributed by atoms with van der Waals surface area (Å²) in [5.74, 6) is 0.931. The Kier molecular flexibility index (Phi) is 2.98. The second kappa shape index (κ2) is 4.63. The summed E-state index contributed by atoms with van der Waals surface area (Å²) in [7, 11) is 0. The highest BCUT2D eigenvalue weighted by Crippen LogP contribution is 2.20. The molecule has 18 heavy (non-hydrogen) atoms. The van der Waals surface area contributed by atoms with Crippen molar-refractivity contribution in [3.05, 3.63) is 70.2 Å². The number of imidazole rings is 1. The van der Waals surface area contributed by atoms with Crippen LogP contribution in [0.15, 0.2) is 48.8 Å². The van der Waals surface area contributed by atoms with Crippen LogP contribution in [0.25, 0.3) is 5.52 Å². The maximum atomic E-state index is 6.16. The highest BCUT2D eigenvalue weighted by Gasteiger charge is 2.07. The van der Waals surface area contributed by atoms with Crippen LogP contribution in [-0.4, -0.2) is 9.38 Å². The Balaban J connectivity index is 2.05. The van der Waals surface area contributed by atoms with E-state index in [1.807, 2.05) is 53.2 Å². The van der Waals surface area contributed by atoms with Crippen molar-refractivity contribution < 1.29 is 0 Å². The van der Waals surface area contributed by atoms with E-state index < -0.39 is 0 Å². The lowest BCUT2D eigenvalue weighted by Crippen LogP contribution is -1.96. The van der Waals surface area contributed by atoms with Gasteiger partial charge in [0.05, 0.1) is 16.7 Å². The molecule has 0 unspecified atom stereocenters. The first kappa shape index (κ1) is 11.6. The van der Waals surface area contributed by atoms with Crippen molar-refractivity contribution in [1.29, 1.82) is 0 Å². The van der Waals surface area contributed by atoms with Crippen molar-refractivity contribution in [2.45, 2.75) is 6.42 Å². The van der Waals surface area contributed by atoms with Gasteiger partial charge in [-0.15, -0.1) is 0 Å². The third kappa shape index (κ3) is 2.09. The van der Waals surface area contributed by atoms with Gasteiger partial charge in [0, 0.05) is 17.6 Å². The van der Waals surface area contributed by atoms with Gasteiger partial charge < -0.3 is 4.40 Å². The summed E-state index contributed by atoms with van der Waals surface area (Å²) in [6, 6.07) is 11.6. The van der Waals surface area contributed by atoms with Crippen LogP contribution in [0, 0.1) is 0 Å². The van der Waals surface area contributed by atoms with Crippen LogP contribution in [0.5, 0.6) is 0 Å². The number of benzene rings is 1. The molecule has 0 atom stereocenters. The van der Waals surface area contributed by atoms with Crippen LogP contribution >= 0.6 is 23.2 Å². The van der Waals surface area contributed by atoms with Crippen LogP contribution in [0.2, 0.25) is 10.0 Å². The zero-order valence-corrected chi connectivity index (χ0v) is 11.0. The number of aromatic nitrogens is 2. The van der Waals surface area contributed by atoms with E-state index in [-0.39, 0.29) is 0 Å². The predicted molar refractivity (Wildman–Crippen MR) is 74.5 cm³/mol. The SMILES string of the molecule is Clc1ccc2cnc(Cc3ccccc3Cl)n2c1. The Bertz CT molecular complexity index is 704. The van der Waals surface area contributed by atoms with Gasteiger partial charge in [-0.2, -0.15) is 0 Å². The van der Waals surface area contributed by atoms with E-state index in [0.29, 0.717) is 11.4 Å². The van der Waals surface area contributed by atoms with Crippen LogP contribution in [0.3, 0.4) is 0 Å². The molecular weight excluding hydrogens is 267 g/mol. The fourth-order valence-electron chi connectivity index (χ4n) is 1.96. The molecule has 3 rings (SSSR count). The minimum Gasteiger partial charge on any atom is -0.302 e. The highest BCUT2D eigenvalue weighted by atomic mass is 35.5. The average Bonchev–Trinajstić information content (AvgIpc) is 2.75. The molecule has 0 aliphatic rings. The molecule has 4 heteroatoms. The van der Waals surface area contributed by atoms with Crippen LogP contribution in [0.1, 0.15) is 11.4 Å². The van der Waals surface area contributed by atoms with E-state index in [4.69, 9.17) is 23.2 Å². The van der Waals surface area contributed by atoms with E-state index in [1.54, 1.807) is 0 Å². The molecular formula is C14H10Cl2N2. The number of rotatable bonds is 2. The minimum absolute atomic E-state index is 0.689. The molecule has 0 fully saturated rings. The normalized spacial score (nSPS) is 11.0. The van der Waals surface area contributed by atoms with Gasteiger partial charge in [-0.1, -0.05) is 41.4 Å².